The predicted octanol–water partition coefficient (Wildman–Crippen LogP) is 3.57. The first kappa shape index (κ1) is 17.0. The van der Waals surface area contributed by atoms with Crippen LogP contribution in [0.25, 0.3) is 0 Å². The van der Waals surface area contributed by atoms with Crippen LogP contribution >= 0.6 is 0 Å². The number of nitrogens with zero attached hydrogens (tertiary/aromatic N) is 1. The van der Waals surface area contributed by atoms with Gasteiger partial charge in [0.25, 0.3) is 5.91 Å². The largest absolute Gasteiger partial charge is 0.480 e. The third kappa shape index (κ3) is 2.74. The van der Waals surface area contributed by atoms with Gasteiger partial charge in [-0.15, -0.1) is 0 Å². The molecule has 1 N–H and O–H groups in total. The average Bonchev–Trinajstić information content (AvgIpc) is 2.82. The molecule has 1 heterocycles. The van der Waals surface area contributed by atoms with Crippen molar-refractivity contribution in [3.63, 3.8) is 0 Å². The van der Waals surface area contributed by atoms with Gasteiger partial charge in [-0.3, -0.25) is 9.59 Å². The lowest BCUT2D eigenvalue weighted by Gasteiger charge is -2.26. The van der Waals surface area contributed by atoms with Gasteiger partial charge in [0.05, 0.1) is 6.54 Å². The lowest BCUT2D eigenvalue weighted by molar-refractivity contribution is -0.149. The van der Waals surface area contributed by atoms with Crippen molar-refractivity contribution in [3.05, 3.63) is 82.6 Å². The standard InChI is InChI=1S/C21H21NO3/c1-14-4-8-17(9-5-14)13-22-12-16(3)21(19(22)23,20(24)25)18-10-6-15(2)7-11-18/h4-12H,13H2,1-3H3,(H,24,25). The van der Waals surface area contributed by atoms with Crippen LogP contribution in [0.5, 0.6) is 0 Å². The summed E-state index contributed by atoms with van der Waals surface area (Å²) in [5, 5.41) is 9.96. The molecule has 0 spiro atoms. The normalized spacial score (nSPS) is 19.9. The first-order chi connectivity index (χ1) is 11.9. The number of aliphatic carboxylic acids is 1. The van der Waals surface area contributed by atoms with Crippen molar-refractivity contribution in [2.75, 3.05) is 0 Å². The summed E-state index contributed by atoms with van der Waals surface area (Å²) in [6.45, 7) is 6.00. The van der Waals surface area contributed by atoms with Gasteiger partial charge in [0.1, 0.15) is 0 Å². The van der Waals surface area contributed by atoms with E-state index in [1.165, 1.54) is 4.90 Å². The SMILES string of the molecule is CC1=CN(Cc2ccc(C)cc2)C(=O)C1(C(=O)O)c1ccc(C)cc1. The Balaban J connectivity index is 1.99. The summed E-state index contributed by atoms with van der Waals surface area (Å²) < 4.78 is 0. The number of amides is 1. The van der Waals surface area contributed by atoms with Gasteiger partial charge in [0.2, 0.25) is 0 Å². The van der Waals surface area contributed by atoms with Gasteiger partial charge in [0, 0.05) is 6.20 Å². The van der Waals surface area contributed by atoms with E-state index in [1.807, 2.05) is 50.2 Å². The highest BCUT2D eigenvalue weighted by molar-refractivity contribution is 6.13. The molecular weight excluding hydrogens is 314 g/mol. The zero-order valence-electron chi connectivity index (χ0n) is 14.6. The smallest absolute Gasteiger partial charge is 0.328 e. The topological polar surface area (TPSA) is 57.6 Å². The first-order valence-electron chi connectivity index (χ1n) is 8.21. The number of hydrogen-bond acceptors (Lipinski definition) is 2. The van der Waals surface area contributed by atoms with Gasteiger partial charge in [-0.1, -0.05) is 59.7 Å². The molecule has 1 amide bonds. The van der Waals surface area contributed by atoms with Crippen LogP contribution in [0, 0.1) is 13.8 Å². The summed E-state index contributed by atoms with van der Waals surface area (Å²) in [6.07, 6.45) is 1.66. The molecule has 3 rings (SSSR count). The van der Waals surface area contributed by atoms with Gasteiger partial charge in [-0.25, -0.2) is 0 Å². The highest BCUT2D eigenvalue weighted by Gasteiger charge is 2.55. The number of carbonyl (C=O) groups excluding carboxylic acids is 1. The molecule has 0 aromatic heterocycles. The summed E-state index contributed by atoms with van der Waals surface area (Å²) in [5.74, 6) is -1.55. The predicted molar refractivity (Wildman–Crippen MR) is 96.0 cm³/mol. The second kappa shape index (κ2) is 6.20. The van der Waals surface area contributed by atoms with Gasteiger partial charge in [0.15, 0.2) is 5.41 Å². The first-order valence-corrected chi connectivity index (χ1v) is 8.21. The van der Waals surface area contributed by atoms with Gasteiger partial charge in [-0.05, 0) is 37.5 Å². The molecule has 4 heteroatoms. The van der Waals surface area contributed by atoms with Crippen LogP contribution in [0.1, 0.15) is 29.2 Å². The molecule has 0 radical (unpaired) electrons. The summed E-state index contributed by atoms with van der Waals surface area (Å²) >= 11 is 0. The molecule has 4 nitrogen and oxygen atoms in total. The Bertz CT molecular complexity index is 850. The van der Waals surface area contributed by atoms with Gasteiger partial charge in [-0.2, -0.15) is 0 Å². The van der Waals surface area contributed by atoms with Crippen LogP contribution in [-0.2, 0) is 21.5 Å². The summed E-state index contributed by atoms with van der Waals surface area (Å²) in [5.41, 5.74) is 2.51. The van der Waals surface area contributed by atoms with E-state index in [0.29, 0.717) is 17.7 Å². The van der Waals surface area contributed by atoms with Crippen LogP contribution in [0.4, 0.5) is 0 Å². The van der Waals surface area contributed by atoms with Crippen LogP contribution in [0.3, 0.4) is 0 Å². The number of rotatable bonds is 4. The van der Waals surface area contributed by atoms with Crippen LogP contribution in [0.15, 0.2) is 60.3 Å². The minimum absolute atomic E-state index is 0.358. The van der Waals surface area contributed by atoms with E-state index >= 15 is 0 Å². The Hall–Kier alpha value is -2.88. The highest BCUT2D eigenvalue weighted by Crippen LogP contribution is 2.40. The van der Waals surface area contributed by atoms with Gasteiger partial charge < -0.3 is 10.0 Å². The molecule has 2 aromatic rings. The van der Waals surface area contributed by atoms with E-state index in [2.05, 4.69) is 0 Å². The van der Waals surface area contributed by atoms with E-state index in [0.717, 1.165) is 16.7 Å². The Kier molecular flexibility index (Phi) is 4.21. The fourth-order valence-corrected chi connectivity index (χ4v) is 3.32. The monoisotopic (exact) mass is 335 g/mol. The average molecular weight is 335 g/mol. The summed E-state index contributed by atoms with van der Waals surface area (Å²) in [7, 11) is 0. The molecular formula is C21H21NO3. The van der Waals surface area contributed by atoms with Crippen molar-refractivity contribution in [2.24, 2.45) is 0 Å². The molecule has 0 bridgehead atoms. The fourth-order valence-electron chi connectivity index (χ4n) is 3.32. The zero-order chi connectivity index (χ0) is 18.2. The van der Waals surface area contributed by atoms with Crippen molar-refractivity contribution in [2.45, 2.75) is 32.7 Å². The summed E-state index contributed by atoms with van der Waals surface area (Å²) in [4.78, 5) is 26.8. The van der Waals surface area contributed by atoms with Crippen LogP contribution in [-0.4, -0.2) is 21.9 Å². The quantitative estimate of drug-likeness (QED) is 0.869. The Morgan fingerprint density at radius 1 is 0.960 bits per heavy atom. The van der Waals surface area contributed by atoms with E-state index < -0.39 is 17.3 Å². The lowest BCUT2D eigenvalue weighted by Crippen LogP contribution is -2.46. The van der Waals surface area contributed by atoms with Crippen molar-refractivity contribution >= 4 is 11.9 Å². The third-order valence-corrected chi connectivity index (χ3v) is 4.80. The molecule has 2 aromatic carbocycles. The molecule has 1 unspecified atom stereocenters. The molecule has 0 saturated carbocycles. The third-order valence-electron chi connectivity index (χ3n) is 4.80. The van der Waals surface area contributed by atoms with E-state index in [1.54, 1.807) is 25.3 Å². The van der Waals surface area contributed by atoms with E-state index in [-0.39, 0.29) is 0 Å². The van der Waals surface area contributed by atoms with Crippen LogP contribution < -0.4 is 0 Å². The molecule has 0 aliphatic carbocycles. The Labute approximate surface area is 147 Å². The maximum absolute atomic E-state index is 13.1. The molecule has 0 saturated heterocycles. The van der Waals surface area contributed by atoms with Crippen LogP contribution in [0.2, 0.25) is 0 Å². The van der Waals surface area contributed by atoms with Crippen molar-refractivity contribution in [1.82, 2.24) is 4.90 Å². The number of hydrogen-bond donors (Lipinski definition) is 1. The Morgan fingerprint density at radius 3 is 2.00 bits per heavy atom. The number of carboxylic acids is 1. The molecule has 25 heavy (non-hydrogen) atoms. The molecule has 128 valence electrons. The molecule has 0 fully saturated rings. The molecule has 1 aliphatic rings. The lowest BCUT2D eigenvalue weighted by atomic mass is 9.75. The number of carboxylic acid groups (broad SMARTS) is 1. The minimum Gasteiger partial charge on any atom is -0.480 e. The second-order valence-corrected chi connectivity index (χ2v) is 6.65. The van der Waals surface area contributed by atoms with Crippen molar-refractivity contribution < 1.29 is 14.7 Å². The zero-order valence-corrected chi connectivity index (χ0v) is 14.6. The summed E-state index contributed by atoms with van der Waals surface area (Å²) in [6, 6.07) is 15.0. The van der Waals surface area contributed by atoms with Crippen molar-refractivity contribution in [3.8, 4) is 0 Å². The van der Waals surface area contributed by atoms with E-state index in [9.17, 15) is 14.7 Å². The number of aryl methyl sites for hydroxylation is 2. The van der Waals surface area contributed by atoms with Crippen molar-refractivity contribution in [1.29, 1.82) is 0 Å². The maximum Gasteiger partial charge on any atom is 0.328 e. The Morgan fingerprint density at radius 2 is 1.48 bits per heavy atom. The fraction of sp³-hybridized carbons (Fsp3) is 0.238. The number of carbonyl (C=O) groups is 2. The van der Waals surface area contributed by atoms with E-state index in [4.69, 9.17) is 0 Å². The highest BCUT2D eigenvalue weighted by atomic mass is 16.4. The molecule has 1 aliphatic heterocycles. The second-order valence-electron chi connectivity index (χ2n) is 6.65. The minimum atomic E-state index is -1.64. The molecule has 1 atom stereocenters. The maximum atomic E-state index is 13.1. The van der Waals surface area contributed by atoms with Gasteiger partial charge >= 0.3 is 5.97 Å². The number of benzene rings is 2.